The van der Waals surface area contributed by atoms with E-state index in [0.29, 0.717) is 40.3 Å². The fourth-order valence-corrected chi connectivity index (χ4v) is 4.38. The molecule has 0 aromatic heterocycles. The first-order valence-corrected chi connectivity index (χ1v) is 12.5. The summed E-state index contributed by atoms with van der Waals surface area (Å²) in [5.74, 6) is -1.71. The summed E-state index contributed by atoms with van der Waals surface area (Å²) in [7, 11) is 0. The van der Waals surface area contributed by atoms with Gasteiger partial charge in [-0.1, -0.05) is 70.1 Å². The number of benzene rings is 1. The standard InChI is InChI=1S/C28H38N2O4/c1-5-7-8-9-10-11-12-15-18-34-28(32)25-21(4)30-20(3)24(27(31)33-6-2)26(25)23-17-14-13-16-22(23)19-29/h13-14,16-17,26,30H,5-12,15,18H2,1-4H3. The van der Waals surface area contributed by atoms with Gasteiger partial charge in [-0.05, 0) is 38.8 Å². The molecule has 34 heavy (non-hydrogen) atoms. The van der Waals surface area contributed by atoms with Crippen molar-refractivity contribution in [3.8, 4) is 6.07 Å². The molecule has 0 fully saturated rings. The maximum Gasteiger partial charge on any atom is 0.336 e. The molecule has 0 aliphatic carbocycles. The highest BCUT2D eigenvalue weighted by Crippen LogP contribution is 2.40. The maximum absolute atomic E-state index is 13.3. The molecule has 0 saturated carbocycles. The highest BCUT2D eigenvalue weighted by Gasteiger charge is 2.38. The van der Waals surface area contributed by atoms with Gasteiger partial charge in [-0.15, -0.1) is 0 Å². The molecule has 0 radical (unpaired) electrons. The van der Waals surface area contributed by atoms with Gasteiger partial charge in [0.05, 0.1) is 41.9 Å². The zero-order chi connectivity index (χ0) is 24.9. The van der Waals surface area contributed by atoms with Crippen LogP contribution in [-0.4, -0.2) is 25.2 Å². The van der Waals surface area contributed by atoms with E-state index >= 15 is 0 Å². The van der Waals surface area contributed by atoms with Crippen molar-refractivity contribution in [1.82, 2.24) is 5.32 Å². The Hall–Kier alpha value is -3.07. The predicted molar refractivity (Wildman–Crippen MR) is 133 cm³/mol. The molecule has 0 saturated heterocycles. The third kappa shape index (κ3) is 7.21. The van der Waals surface area contributed by atoms with Crippen LogP contribution >= 0.6 is 0 Å². The van der Waals surface area contributed by atoms with Gasteiger partial charge >= 0.3 is 11.9 Å². The van der Waals surface area contributed by atoms with Gasteiger partial charge in [-0.2, -0.15) is 5.26 Å². The summed E-state index contributed by atoms with van der Waals surface area (Å²) in [4.78, 5) is 26.2. The molecule has 1 aliphatic rings. The number of carbonyl (C=O) groups excluding carboxylic acids is 2. The number of hydrogen-bond donors (Lipinski definition) is 1. The molecule has 6 heteroatoms. The highest BCUT2D eigenvalue weighted by atomic mass is 16.5. The van der Waals surface area contributed by atoms with Gasteiger partial charge in [0.1, 0.15) is 0 Å². The Morgan fingerprint density at radius 3 is 2.03 bits per heavy atom. The number of carbonyl (C=O) groups is 2. The van der Waals surface area contributed by atoms with Crippen LogP contribution in [0.25, 0.3) is 0 Å². The minimum Gasteiger partial charge on any atom is -0.463 e. The highest BCUT2D eigenvalue weighted by molar-refractivity contribution is 6.00. The number of hydrogen-bond acceptors (Lipinski definition) is 6. The summed E-state index contributed by atoms with van der Waals surface area (Å²) in [6.07, 6.45) is 9.24. The largest absolute Gasteiger partial charge is 0.463 e. The topological polar surface area (TPSA) is 88.4 Å². The lowest BCUT2D eigenvalue weighted by Crippen LogP contribution is -2.33. The molecule has 6 nitrogen and oxygen atoms in total. The van der Waals surface area contributed by atoms with E-state index < -0.39 is 17.9 Å². The van der Waals surface area contributed by atoms with Crippen molar-refractivity contribution in [3.63, 3.8) is 0 Å². The summed E-state index contributed by atoms with van der Waals surface area (Å²) < 4.78 is 11.0. The van der Waals surface area contributed by atoms with Gasteiger partial charge in [-0.25, -0.2) is 9.59 Å². The molecule has 1 heterocycles. The minimum atomic E-state index is -0.734. The number of nitrogens with zero attached hydrogens (tertiary/aromatic N) is 1. The first kappa shape index (κ1) is 27.2. The Balaban J connectivity index is 2.18. The van der Waals surface area contributed by atoms with Crippen molar-refractivity contribution in [2.45, 2.75) is 85.0 Å². The van der Waals surface area contributed by atoms with E-state index in [-0.39, 0.29) is 6.61 Å². The smallest absolute Gasteiger partial charge is 0.336 e. The Morgan fingerprint density at radius 2 is 1.44 bits per heavy atom. The zero-order valence-electron chi connectivity index (χ0n) is 21.0. The van der Waals surface area contributed by atoms with Crippen molar-refractivity contribution in [2.75, 3.05) is 13.2 Å². The van der Waals surface area contributed by atoms with Crippen molar-refractivity contribution in [2.24, 2.45) is 0 Å². The van der Waals surface area contributed by atoms with Gasteiger partial charge in [-0.3, -0.25) is 0 Å². The van der Waals surface area contributed by atoms with Crippen LogP contribution in [0.5, 0.6) is 0 Å². The first-order valence-electron chi connectivity index (χ1n) is 12.5. The average Bonchev–Trinajstić information content (AvgIpc) is 2.82. The summed E-state index contributed by atoms with van der Waals surface area (Å²) >= 11 is 0. The summed E-state index contributed by atoms with van der Waals surface area (Å²) in [6.45, 7) is 8.06. The number of esters is 2. The van der Waals surface area contributed by atoms with Crippen LogP contribution in [-0.2, 0) is 19.1 Å². The fraction of sp³-hybridized carbons (Fsp3) is 0.536. The number of ether oxygens (including phenoxy) is 2. The molecule has 1 atom stereocenters. The molecular formula is C28H38N2O4. The van der Waals surface area contributed by atoms with Crippen molar-refractivity contribution >= 4 is 11.9 Å². The van der Waals surface area contributed by atoms with Gasteiger partial charge in [0.2, 0.25) is 0 Å². The van der Waals surface area contributed by atoms with Crippen LogP contribution in [0.4, 0.5) is 0 Å². The number of nitrogens with one attached hydrogen (secondary N) is 1. The molecule has 1 aromatic rings. The number of rotatable bonds is 13. The molecule has 0 amide bonds. The van der Waals surface area contributed by atoms with Crippen LogP contribution < -0.4 is 5.32 Å². The molecule has 1 aromatic carbocycles. The van der Waals surface area contributed by atoms with Crippen LogP contribution in [0, 0.1) is 11.3 Å². The van der Waals surface area contributed by atoms with E-state index in [1.165, 1.54) is 32.1 Å². The number of dihydropyridines is 1. The second kappa shape index (κ2) is 14.2. The van der Waals surface area contributed by atoms with E-state index in [2.05, 4.69) is 18.3 Å². The second-order valence-corrected chi connectivity index (χ2v) is 8.67. The van der Waals surface area contributed by atoms with E-state index in [4.69, 9.17) is 9.47 Å². The molecule has 0 bridgehead atoms. The third-order valence-electron chi connectivity index (χ3n) is 6.10. The molecule has 184 valence electrons. The Labute approximate surface area is 204 Å². The van der Waals surface area contributed by atoms with Crippen LogP contribution in [0.3, 0.4) is 0 Å². The van der Waals surface area contributed by atoms with Crippen molar-refractivity contribution in [3.05, 3.63) is 57.9 Å². The molecular weight excluding hydrogens is 428 g/mol. The lowest BCUT2D eigenvalue weighted by atomic mass is 9.79. The van der Waals surface area contributed by atoms with Gasteiger partial charge in [0, 0.05) is 11.4 Å². The zero-order valence-corrected chi connectivity index (χ0v) is 21.0. The van der Waals surface area contributed by atoms with Crippen LogP contribution in [0.1, 0.15) is 96.1 Å². The van der Waals surface area contributed by atoms with Gasteiger partial charge < -0.3 is 14.8 Å². The Morgan fingerprint density at radius 1 is 0.882 bits per heavy atom. The quantitative estimate of drug-likeness (QED) is 0.282. The average molecular weight is 467 g/mol. The van der Waals surface area contributed by atoms with E-state index in [0.717, 1.165) is 19.3 Å². The van der Waals surface area contributed by atoms with Crippen LogP contribution in [0.15, 0.2) is 46.8 Å². The lowest BCUT2D eigenvalue weighted by Gasteiger charge is -2.30. The van der Waals surface area contributed by atoms with Gasteiger partial charge in [0.25, 0.3) is 0 Å². The summed E-state index contributed by atoms with van der Waals surface area (Å²) in [5.41, 5.74) is 2.89. The normalized spacial score (nSPS) is 15.6. The maximum atomic E-state index is 13.3. The SMILES string of the molecule is CCCCCCCCCCOC(=O)C1=C(C)NC(C)=C(C(=O)OCC)C1c1ccccc1C#N. The van der Waals surface area contributed by atoms with Crippen molar-refractivity contribution in [1.29, 1.82) is 5.26 Å². The summed E-state index contributed by atoms with van der Waals surface area (Å²) in [6, 6.07) is 9.22. The lowest BCUT2D eigenvalue weighted by molar-refractivity contribution is -0.140. The monoisotopic (exact) mass is 466 g/mol. The Bertz CT molecular complexity index is 955. The molecule has 1 aliphatic heterocycles. The number of nitriles is 1. The molecule has 1 unspecified atom stereocenters. The molecule has 1 N–H and O–H groups in total. The van der Waals surface area contributed by atoms with Crippen molar-refractivity contribution < 1.29 is 19.1 Å². The number of unbranched alkanes of at least 4 members (excludes halogenated alkanes) is 7. The minimum absolute atomic E-state index is 0.211. The van der Waals surface area contributed by atoms with Crippen LogP contribution in [0.2, 0.25) is 0 Å². The molecule has 2 rings (SSSR count). The van der Waals surface area contributed by atoms with E-state index in [9.17, 15) is 14.9 Å². The third-order valence-corrected chi connectivity index (χ3v) is 6.10. The second-order valence-electron chi connectivity index (χ2n) is 8.67. The van der Waals surface area contributed by atoms with Gasteiger partial charge in [0.15, 0.2) is 0 Å². The molecule has 0 spiro atoms. The summed E-state index contributed by atoms with van der Waals surface area (Å²) in [5, 5.41) is 12.8. The van der Waals surface area contributed by atoms with E-state index in [1.54, 1.807) is 45.0 Å². The number of allylic oxidation sites excluding steroid dienone is 2. The predicted octanol–water partition coefficient (Wildman–Crippen LogP) is 6.04. The first-order chi connectivity index (χ1) is 16.5. The van der Waals surface area contributed by atoms with E-state index in [1.807, 2.05) is 0 Å². The Kier molecular flexibility index (Phi) is 11.4. The fourth-order valence-electron chi connectivity index (χ4n) is 4.38.